The maximum atomic E-state index is 13.6. The van der Waals surface area contributed by atoms with Crippen LogP contribution in [0.2, 0.25) is 0 Å². The lowest BCUT2D eigenvalue weighted by Gasteiger charge is -2.50. The third kappa shape index (κ3) is 6.04. The van der Waals surface area contributed by atoms with Crippen LogP contribution in [0.1, 0.15) is 28.3 Å². The molecule has 0 bridgehead atoms. The van der Waals surface area contributed by atoms with Crippen LogP contribution in [-0.4, -0.2) is 97.3 Å². The number of aliphatic hydroxyl groups excluding tert-OH is 1. The van der Waals surface area contributed by atoms with Gasteiger partial charge in [0.05, 0.1) is 12.2 Å². The third-order valence-corrected chi connectivity index (χ3v) is 7.79. The number of aliphatic hydroxyl groups is 1. The van der Waals surface area contributed by atoms with Crippen molar-refractivity contribution in [2.45, 2.75) is 24.4 Å². The number of hydrogen-bond acceptors (Lipinski definition) is 5. The van der Waals surface area contributed by atoms with Gasteiger partial charge in [-0.05, 0) is 58.7 Å². The summed E-state index contributed by atoms with van der Waals surface area (Å²) >= 11 is 3.48. The minimum absolute atomic E-state index is 0.0302. The van der Waals surface area contributed by atoms with Crippen LogP contribution in [-0.2, 0) is 0 Å². The molecule has 0 aliphatic carbocycles. The lowest BCUT2D eigenvalue weighted by molar-refractivity contribution is -0.0180. The smallest absolute Gasteiger partial charge is 0.254 e. The van der Waals surface area contributed by atoms with E-state index in [2.05, 4.69) is 31.0 Å². The Labute approximate surface area is 209 Å². The van der Waals surface area contributed by atoms with Gasteiger partial charge in [0.15, 0.2) is 0 Å². The van der Waals surface area contributed by atoms with E-state index < -0.39 is 0 Å². The van der Waals surface area contributed by atoms with Gasteiger partial charge in [-0.25, -0.2) is 4.39 Å². The van der Waals surface area contributed by atoms with Crippen LogP contribution in [0.4, 0.5) is 4.39 Å². The number of hydrogen-bond donors (Lipinski definition) is 2. The zero-order valence-electron chi connectivity index (χ0n) is 19.7. The molecule has 2 aromatic carbocycles. The number of likely N-dealkylation sites (tertiary alicyclic amines) is 1. The number of carbonyl (C=O) groups is 1. The lowest BCUT2D eigenvalue weighted by atomic mass is 9.93. The lowest BCUT2D eigenvalue weighted by Crippen LogP contribution is -2.66. The Morgan fingerprint density at radius 1 is 1.24 bits per heavy atom. The van der Waals surface area contributed by atoms with E-state index in [-0.39, 0.29) is 30.3 Å². The van der Waals surface area contributed by atoms with Gasteiger partial charge in [-0.1, -0.05) is 24.3 Å². The Bertz CT molecular complexity index is 954. The molecule has 2 saturated heterocycles. The quantitative estimate of drug-likeness (QED) is 0.520. The highest BCUT2D eigenvalue weighted by Gasteiger charge is 2.36. The molecule has 34 heavy (non-hydrogen) atoms. The topological polar surface area (TPSA) is 59.1 Å². The van der Waals surface area contributed by atoms with Crippen LogP contribution in [0.15, 0.2) is 53.0 Å². The molecule has 184 valence electrons. The van der Waals surface area contributed by atoms with Crippen LogP contribution in [0.25, 0.3) is 0 Å². The summed E-state index contributed by atoms with van der Waals surface area (Å²) in [4.78, 5) is 19.7. The second kappa shape index (κ2) is 11.7. The molecule has 2 fully saturated rings. The molecule has 1 amide bonds. The van der Waals surface area contributed by atoms with Gasteiger partial charge >= 0.3 is 0 Å². The highest BCUT2D eigenvalue weighted by atomic mass is 79.9. The summed E-state index contributed by atoms with van der Waals surface area (Å²) in [6, 6.07) is 14.8. The average molecular weight is 533 g/mol. The van der Waals surface area contributed by atoms with Gasteiger partial charge in [-0.2, -0.15) is 0 Å². The predicted molar refractivity (Wildman–Crippen MR) is 136 cm³/mol. The number of halogens is 2. The first-order valence-electron chi connectivity index (χ1n) is 12.0. The molecule has 0 aromatic heterocycles. The summed E-state index contributed by atoms with van der Waals surface area (Å²) in [6.45, 7) is 6.46. The van der Waals surface area contributed by atoms with Crippen molar-refractivity contribution in [3.05, 3.63) is 69.9 Å². The monoisotopic (exact) mass is 532 g/mol. The molecule has 2 N–H and O–H groups in total. The zero-order valence-corrected chi connectivity index (χ0v) is 21.3. The highest BCUT2D eigenvalue weighted by molar-refractivity contribution is 9.10. The summed E-state index contributed by atoms with van der Waals surface area (Å²) in [5.41, 5.74) is 1.69. The summed E-state index contributed by atoms with van der Waals surface area (Å²) < 4.78 is 14.3. The van der Waals surface area contributed by atoms with E-state index in [0.29, 0.717) is 18.2 Å². The van der Waals surface area contributed by atoms with Gasteiger partial charge in [0, 0.05) is 68.8 Å². The number of nitrogens with zero attached hydrogens (tertiary/aromatic N) is 3. The van der Waals surface area contributed by atoms with E-state index in [9.17, 15) is 14.3 Å². The Hall–Kier alpha value is -1.84. The first-order valence-corrected chi connectivity index (χ1v) is 12.8. The van der Waals surface area contributed by atoms with Crippen molar-refractivity contribution < 1.29 is 14.3 Å². The van der Waals surface area contributed by atoms with Gasteiger partial charge < -0.3 is 20.2 Å². The van der Waals surface area contributed by atoms with Gasteiger partial charge in [0.2, 0.25) is 0 Å². The van der Waals surface area contributed by atoms with E-state index in [4.69, 9.17) is 0 Å². The Morgan fingerprint density at radius 3 is 2.68 bits per heavy atom. The summed E-state index contributed by atoms with van der Waals surface area (Å²) in [5, 5.41) is 13.0. The molecular formula is C26H34BrFN4O2. The minimum Gasteiger partial charge on any atom is -0.395 e. The SMILES string of the molecule is CN(C[C@@H](CCN1CC(N2CCNCC2CO)C1)c1ccc(F)cc1)C(=O)c1ccccc1Br. The first kappa shape index (κ1) is 25.3. The molecule has 2 aromatic rings. The standard InChI is InChI=1S/C26H34BrFN4O2/c1-30(26(34)24-4-2-3-5-25(24)27)15-20(19-6-8-21(28)9-7-19)10-12-31-16-23(17-31)32-13-11-29-14-22(32)18-33/h2-9,20,22-23,29,33H,10-18H2,1H3/t20-,22?/m1/s1. The van der Waals surface area contributed by atoms with Crippen molar-refractivity contribution in [1.82, 2.24) is 20.0 Å². The van der Waals surface area contributed by atoms with Crippen molar-refractivity contribution >= 4 is 21.8 Å². The van der Waals surface area contributed by atoms with E-state index >= 15 is 0 Å². The maximum Gasteiger partial charge on any atom is 0.254 e. The van der Waals surface area contributed by atoms with Crippen molar-refractivity contribution in [3.63, 3.8) is 0 Å². The molecule has 0 radical (unpaired) electrons. The molecule has 1 unspecified atom stereocenters. The van der Waals surface area contributed by atoms with Crippen LogP contribution < -0.4 is 5.32 Å². The molecule has 6 nitrogen and oxygen atoms in total. The molecule has 0 spiro atoms. The Balaban J connectivity index is 1.36. The molecule has 2 atom stereocenters. The van der Waals surface area contributed by atoms with Crippen molar-refractivity contribution in [2.75, 3.05) is 59.5 Å². The van der Waals surface area contributed by atoms with E-state index in [1.807, 2.05) is 43.4 Å². The summed E-state index contributed by atoms with van der Waals surface area (Å²) in [7, 11) is 1.83. The summed E-state index contributed by atoms with van der Waals surface area (Å²) in [5.74, 6) is -0.169. The zero-order chi connectivity index (χ0) is 24.1. The minimum atomic E-state index is -0.250. The number of benzene rings is 2. The number of likely N-dealkylation sites (N-methyl/N-ethyl adjacent to an activating group) is 1. The fourth-order valence-electron chi connectivity index (χ4n) is 5.05. The highest BCUT2D eigenvalue weighted by Crippen LogP contribution is 2.26. The largest absolute Gasteiger partial charge is 0.395 e. The summed E-state index contributed by atoms with van der Waals surface area (Å²) in [6.07, 6.45) is 0.886. The number of rotatable bonds is 9. The van der Waals surface area contributed by atoms with E-state index in [1.54, 1.807) is 4.90 Å². The van der Waals surface area contributed by atoms with E-state index in [0.717, 1.165) is 55.7 Å². The van der Waals surface area contributed by atoms with Gasteiger partial charge in [0.1, 0.15) is 5.82 Å². The maximum absolute atomic E-state index is 13.6. The normalized spacial score (nSPS) is 20.6. The predicted octanol–water partition coefficient (Wildman–Crippen LogP) is 2.78. The van der Waals surface area contributed by atoms with E-state index in [1.165, 1.54) is 12.1 Å². The number of amides is 1. The second-order valence-corrected chi connectivity index (χ2v) is 10.2. The number of nitrogens with one attached hydrogen (secondary N) is 1. The van der Waals surface area contributed by atoms with Crippen LogP contribution in [0.5, 0.6) is 0 Å². The van der Waals surface area contributed by atoms with Gasteiger partial charge in [-0.15, -0.1) is 0 Å². The molecule has 2 aliphatic heterocycles. The van der Waals surface area contributed by atoms with Crippen LogP contribution in [0.3, 0.4) is 0 Å². The van der Waals surface area contributed by atoms with Gasteiger partial charge in [0.25, 0.3) is 5.91 Å². The Morgan fingerprint density at radius 2 is 1.97 bits per heavy atom. The van der Waals surface area contributed by atoms with Gasteiger partial charge in [-0.3, -0.25) is 9.69 Å². The molecular weight excluding hydrogens is 499 g/mol. The molecule has 0 saturated carbocycles. The van der Waals surface area contributed by atoms with Crippen molar-refractivity contribution in [3.8, 4) is 0 Å². The number of carbonyl (C=O) groups excluding carboxylic acids is 1. The molecule has 4 rings (SSSR count). The second-order valence-electron chi connectivity index (χ2n) is 9.39. The fraction of sp³-hybridized carbons (Fsp3) is 0.500. The average Bonchev–Trinajstić information content (AvgIpc) is 2.83. The number of piperazine rings is 1. The molecule has 2 heterocycles. The third-order valence-electron chi connectivity index (χ3n) is 7.09. The van der Waals surface area contributed by atoms with Crippen LogP contribution in [0, 0.1) is 5.82 Å². The Kier molecular flexibility index (Phi) is 8.71. The first-order chi connectivity index (χ1) is 16.5. The molecule has 2 aliphatic rings. The van der Waals surface area contributed by atoms with Crippen molar-refractivity contribution in [2.24, 2.45) is 0 Å². The van der Waals surface area contributed by atoms with Crippen molar-refractivity contribution in [1.29, 1.82) is 0 Å². The van der Waals surface area contributed by atoms with Crippen LogP contribution >= 0.6 is 15.9 Å². The fourth-order valence-corrected chi connectivity index (χ4v) is 5.51. The molecule has 8 heteroatoms.